The lowest BCUT2D eigenvalue weighted by Crippen LogP contribution is -2.11. The van der Waals surface area contributed by atoms with Crippen LogP contribution in [0.2, 0.25) is 0 Å². The van der Waals surface area contributed by atoms with E-state index in [4.69, 9.17) is 0 Å². The molecule has 0 N–H and O–H groups in total. The second-order valence-corrected chi connectivity index (χ2v) is 3.44. The quantitative estimate of drug-likeness (QED) is 0.606. The van der Waals surface area contributed by atoms with Gasteiger partial charge in [-0.2, -0.15) is 0 Å². The number of rotatable bonds is 2. The molecule has 0 amide bonds. The first-order valence-electron chi connectivity index (χ1n) is 3.73. The summed E-state index contributed by atoms with van der Waals surface area (Å²) in [7, 11) is 1.15. The maximum atomic E-state index is 13.1. The Kier molecular flexibility index (Phi) is 3.57. The van der Waals surface area contributed by atoms with E-state index in [1.54, 1.807) is 0 Å². The Bertz CT molecular complexity index is 334. The maximum Gasteiger partial charge on any atom is 0.324 e. The third kappa shape index (κ3) is 2.09. The van der Waals surface area contributed by atoms with E-state index in [-0.39, 0.29) is 5.56 Å². The van der Waals surface area contributed by atoms with Crippen LogP contribution in [0.25, 0.3) is 0 Å². The molecule has 1 rings (SSSR count). The molecule has 1 aromatic carbocycles. The molecule has 0 saturated heterocycles. The van der Waals surface area contributed by atoms with Gasteiger partial charge in [-0.3, -0.25) is 4.79 Å². The topological polar surface area (TPSA) is 26.3 Å². The second kappa shape index (κ2) is 4.50. The summed E-state index contributed by atoms with van der Waals surface area (Å²) in [6.45, 7) is 0. The minimum atomic E-state index is -1.12. The van der Waals surface area contributed by atoms with Crippen molar-refractivity contribution in [3.05, 3.63) is 35.4 Å². The highest BCUT2D eigenvalue weighted by atomic mass is 79.9. The molecule has 0 aliphatic rings. The lowest BCUT2D eigenvalue weighted by atomic mass is 10.1. The minimum absolute atomic E-state index is 0.334. The summed E-state index contributed by atoms with van der Waals surface area (Å²) in [5.74, 6) is -2.30. The van der Waals surface area contributed by atoms with Crippen molar-refractivity contribution in [2.24, 2.45) is 0 Å². The van der Waals surface area contributed by atoms with Gasteiger partial charge in [0.15, 0.2) is 0 Å². The fraction of sp³-hybridized carbons (Fsp3) is 0.222. The molecule has 0 saturated carbocycles. The van der Waals surface area contributed by atoms with Crippen LogP contribution in [0, 0.1) is 11.6 Å². The number of alkyl halides is 1. The van der Waals surface area contributed by atoms with E-state index < -0.39 is 22.4 Å². The van der Waals surface area contributed by atoms with Gasteiger partial charge in [-0.25, -0.2) is 8.78 Å². The summed E-state index contributed by atoms with van der Waals surface area (Å²) >= 11 is 2.86. The first-order chi connectivity index (χ1) is 6.57. The number of halogens is 3. The zero-order valence-corrected chi connectivity index (χ0v) is 8.85. The van der Waals surface area contributed by atoms with Gasteiger partial charge < -0.3 is 4.74 Å². The average Bonchev–Trinajstić information content (AvgIpc) is 2.16. The van der Waals surface area contributed by atoms with Crippen molar-refractivity contribution in [3.63, 3.8) is 0 Å². The number of methoxy groups -OCH3 is 1. The van der Waals surface area contributed by atoms with Gasteiger partial charge in [0, 0.05) is 5.56 Å². The van der Waals surface area contributed by atoms with Crippen molar-refractivity contribution in [1.82, 2.24) is 0 Å². The summed E-state index contributed by atoms with van der Waals surface area (Å²) in [5, 5.41) is 0. The van der Waals surface area contributed by atoms with E-state index in [1.807, 2.05) is 0 Å². The predicted molar refractivity (Wildman–Crippen MR) is 50.0 cm³/mol. The van der Waals surface area contributed by atoms with Crippen LogP contribution in [-0.2, 0) is 9.53 Å². The lowest BCUT2D eigenvalue weighted by molar-refractivity contribution is -0.140. The summed E-state index contributed by atoms with van der Waals surface area (Å²) in [6, 6.07) is 3.39. The van der Waals surface area contributed by atoms with Crippen LogP contribution in [0.15, 0.2) is 18.2 Å². The molecule has 0 fully saturated rings. The molecule has 0 radical (unpaired) electrons. The Morgan fingerprint density at radius 1 is 1.43 bits per heavy atom. The van der Waals surface area contributed by atoms with E-state index in [9.17, 15) is 13.6 Å². The van der Waals surface area contributed by atoms with Crippen LogP contribution in [0.1, 0.15) is 10.4 Å². The first-order valence-corrected chi connectivity index (χ1v) is 4.65. The van der Waals surface area contributed by atoms with Crippen molar-refractivity contribution < 1.29 is 18.3 Å². The van der Waals surface area contributed by atoms with E-state index in [0.717, 1.165) is 19.2 Å². The molecule has 0 bridgehead atoms. The third-order valence-electron chi connectivity index (χ3n) is 1.66. The number of benzene rings is 1. The zero-order chi connectivity index (χ0) is 10.7. The van der Waals surface area contributed by atoms with Gasteiger partial charge in [0.2, 0.25) is 0 Å². The molecule has 5 heteroatoms. The Balaban J connectivity index is 3.11. The number of carbonyl (C=O) groups is 1. The van der Waals surface area contributed by atoms with E-state index in [0.29, 0.717) is 0 Å². The Morgan fingerprint density at radius 2 is 1.93 bits per heavy atom. The first kappa shape index (κ1) is 11.1. The van der Waals surface area contributed by atoms with Crippen molar-refractivity contribution in [3.8, 4) is 0 Å². The molecule has 76 valence electrons. The van der Waals surface area contributed by atoms with Crippen molar-refractivity contribution >= 4 is 21.9 Å². The van der Waals surface area contributed by atoms with Gasteiger partial charge in [-0.1, -0.05) is 22.0 Å². The molecule has 0 heterocycles. The molecule has 0 spiro atoms. The zero-order valence-electron chi connectivity index (χ0n) is 7.26. The molecule has 14 heavy (non-hydrogen) atoms. The number of hydrogen-bond acceptors (Lipinski definition) is 2. The Morgan fingerprint density at radius 3 is 2.36 bits per heavy atom. The molecule has 0 aliphatic carbocycles. The minimum Gasteiger partial charge on any atom is -0.468 e. The summed E-state index contributed by atoms with van der Waals surface area (Å²) in [6.07, 6.45) is 0. The van der Waals surface area contributed by atoms with Crippen LogP contribution in [0.3, 0.4) is 0 Å². The van der Waals surface area contributed by atoms with Crippen LogP contribution in [0.5, 0.6) is 0 Å². The van der Waals surface area contributed by atoms with Gasteiger partial charge in [-0.05, 0) is 12.1 Å². The number of carbonyl (C=O) groups excluding carboxylic acids is 1. The van der Waals surface area contributed by atoms with Gasteiger partial charge in [0.05, 0.1) is 7.11 Å². The summed E-state index contributed by atoms with van der Waals surface area (Å²) in [5.41, 5.74) is -0.334. The van der Waals surface area contributed by atoms with Crippen LogP contribution in [0.4, 0.5) is 8.78 Å². The summed E-state index contributed by atoms with van der Waals surface area (Å²) < 4.78 is 30.6. The predicted octanol–water partition coefficient (Wildman–Crippen LogP) is 2.57. The van der Waals surface area contributed by atoms with Crippen LogP contribution < -0.4 is 0 Å². The number of hydrogen-bond donors (Lipinski definition) is 0. The third-order valence-corrected chi connectivity index (χ3v) is 2.49. The Hall–Kier alpha value is -0.970. The van der Waals surface area contributed by atoms with Crippen LogP contribution in [-0.4, -0.2) is 13.1 Å². The lowest BCUT2D eigenvalue weighted by Gasteiger charge is -2.09. The highest BCUT2D eigenvalue weighted by Crippen LogP contribution is 2.28. The normalized spacial score (nSPS) is 12.3. The van der Waals surface area contributed by atoms with Crippen molar-refractivity contribution in [2.75, 3.05) is 7.11 Å². The summed E-state index contributed by atoms with van der Waals surface area (Å²) in [4.78, 5) is 9.90. The van der Waals surface area contributed by atoms with Crippen molar-refractivity contribution in [2.45, 2.75) is 4.83 Å². The second-order valence-electron chi connectivity index (χ2n) is 2.52. The van der Waals surface area contributed by atoms with Crippen molar-refractivity contribution in [1.29, 1.82) is 0 Å². The number of ether oxygens (including phenoxy) is 1. The maximum absolute atomic E-state index is 13.1. The molecule has 0 aliphatic heterocycles. The van der Waals surface area contributed by atoms with Gasteiger partial charge in [0.25, 0.3) is 0 Å². The van der Waals surface area contributed by atoms with E-state index in [1.165, 1.54) is 6.07 Å². The molecule has 1 aromatic rings. The Labute approximate surface area is 88.0 Å². The van der Waals surface area contributed by atoms with Gasteiger partial charge in [0.1, 0.15) is 16.5 Å². The standard InChI is InChI=1S/C9H7BrF2O2/c1-14-9(13)8(10)7-5(11)3-2-4-6(7)12/h2-4,8H,1H3. The molecule has 0 aromatic heterocycles. The van der Waals surface area contributed by atoms with Gasteiger partial charge in [-0.15, -0.1) is 0 Å². The fourth-order valence-electron chi connectivity index (χ4n) is 0.974. The highest BCUT2D eigenvalue weighted by molar-refractivity contribution is 9.09. The molecule has 1 atom stereocenters. The number of esters is 1. The smallest absolute Gasteiger partial charge is 0.324 e. The highest BCUT2D eigenvalue weighted by Gasteiger charge is 2.24. The fourth-order valence-corrected chi connectivity index (χ4v) is 1.60. The SMILES string of the molecule is COC(=O)C(Br)c1c(F)cccc1F. The monoisotopic (exact) mass is 264 g/mol. The largest absolute Gasteiger partial charge is 0.468 e. The molecular formula is C9H7BrF2O2. The molecular weight excluding hydrogens is 258 g/mol. The van der Waals surface area contributed by atoms with Crippen LogP contribution >= 0.6 is 15.9 Å². The van der Waals surface area contributed by atoms with E-state index >= 15 is 0 Å². The van der Waals surface area contributed by atoms with E-state index in [2.05, 4.69) is 20.7 Å². The molecule has 2 nitrogen and oxygen atoms in total. The molecule has 1 unspecified atom stereocenters. The van der Waals surface area contributed by atoms with Gasteiger partial charge >= 0.3 is 5.97 Å². The average molecular weight is 265 g/mol.